The van der Waals surface area contributed by atoms with Gasteiger partial charge in [-0.2, -0.15) is 0 Å². The van der Waals surface area contributed by atoms with Gasteiger partial charge in [-0.3, -0.25) is 4.79 Å². The van der Waals surface area contributed by atoms with Crippen LogP contribution in [0.25, 0.3) is 0 Å². The summed E-state index contributed by atoms with van der Waals surface area (Å²) in [6, 6.07) is 10.3. The molecule has 5 nitrogen and oxygen atoms in total. The predicted octanol–water partition coefficient (Wildman–Crippen LogP) is 3.38. The maximum absolute atomic E-state index is 12.5. The number of hydrogen-bond donors (Lipinski definition) is 1. The van der Waals surface area contributed by atoms with Crippen LogP contribution in [0.2, 0.25) is 0 Å². The van der Waals surface area contributed by atoms with E-state index in [0.29, 0.717) is 12.2 Å². The maximum atomic E-state index is 12.5. The third-order valence-corrected chi connectivity index (χ3v) is 5.45. The van der Waals surface area contributed by atoms with Crippen LogP contribution in [0, 0.1) is 0 Å². The van der Waals surface area contributed by atoms with E-state index in [9.17, 15) is 4.79 Å². The van der Waals surface area contributed by atoms with E-state index in [0.717, 1.165) is 49.4 Å². The van der Waals surface area contributed by atoms with Gasteiger partial charge in [0, 0.05) is 12.8 Å². The molecule has 1 N–H and O–H groups in total. The minimum atomic E-state index is 0.0423. The van der Waals surface area contributed by atoms with Gasteiger partial charge in [-0.1, -0.05) is 12.1 Å². The highest BCUT2D eigenvalue weighted by atomic mass is 16.5. The van der Waals surface area contributed by atoms with Crippen molar-refractivity contribution < 1.29 is 19.0 Å². The number of carbonyl (C=O) groups is 1. The lowest BCUT2D eigenvalue weighted by Gasteiger charge is -2.16. The smallest absolute Gasteiger partial charge is 0.220 e. The van der Waals surface area contributed by atoms with Crippen LogP contribution in [0.15, 0.2) is 30.3 Å². The van der Waals surface area contributed by atoms with Gasteiger partial charge < -0.3 is 19.5 Å². The average Bonchev–Trinajstić information content (AvgIpc) is 3.31. The summed E-state index contributed by atoms with van der Waals surface area (Å²) in [5.74, 6) is 2.51. The van der Waals surface area contributed by atoms with Gasteiger partial charge in [-0.15, -0.1) is 0 Å². The zero-order valence-corrected chi connectivity index (χ0v) is 15.8. The van der Waals surface area contributed by atoms with E-state index in [4.69, 9.17) is 14.2 Å². The van der Waals surface area contributed by atoms with E-state index in [1.165, 1.54) is 16.7 Å². The zero-order chi connectivity index (χ0) is 18.8. The molecule has 5 heteroatoms. The summed E-state index contributed by atoms with van der Waals surface area (Å²) >= 11 is 0. The fourth-order valence-corrected chi connectivity index (χ4v) is 4.00. The highest BCUT2D eigenvalue weighted by Gasteiger charge is 2.26. The van der Waals surface area contributed by atoms with Crippen molar-refractivity contribution >= 4 is 5.91 Å². The summed E-state index contributed by atoms with van der Waals surface area (Å²) in [6.07, 6.45) is 4.03. The fourth-order valence-electron chi connectivity index (χ4n) is 4.00. The van der Waals surface area contributed by atoms with Crippen molar-refractivity contribution in [3.05, 3.63) is 52.6 Å². The van der Waals surface area contributed by atoms with Crippen LogP contribution in [0.1, 0.15) is 41.1 Å². The molecule has 1 amide bonds. The van der Waals surface area contributed by atoms with E-state index < -0.39 is 0 Å². The Balaban J connectivity index is 1.38. The summed E-state index contributed by atoms with van der Waals surface area (Å²) in [5, 5.41) is 3.19. The maximum Gasteiger partial charge on any atom is 0.220 e. The van der Waals surface area contributed by atoms with Gasteiger partial charge in [0.2, 0.25) is 5.91 Å². The van der Waals surface area contributed by atoms with E-state index in [1.54, 1.807) is 14.2 Å². The lowest BCUT2D eigenvalue weighted by atomic mass is 10.0. The minimum Gasteiger partial charge on any atom is -0.493 e. The molecule has 1 aliphatic carbocycles. The second-order valence-electron chi connectivity index (χ2n) is 7.11. The number of fused-ring (bicyclic) bond motifs is 2. The Labute approximate surface area is 159 Å². The van der Waals surface area contributed by atoms with E-state index >= 15 is 0 Å². The van der Waals surface area contributed by atoms with Gasteiger partial charge in [0.15, 0.2) is 11.5 Å². The normalized spacial score (nSPS) is 17.0. The number of rotatable bonds is 6. The van der Waals surface area contributed by atoms with Gasteiger partial charge in [-0.05, 0) is 59.7 Å². The van der Waals surface area contributed by atoms with Crippen LogP contribution in [-0.4, -0.2) is 26.7 Å². The van der Waals surface area contributed by atoms with Gasteiger partial charge >= 0.3 is 0 Å². The first-order valence-corrected chi connectivity index (χ1v) is 9.46. The summed E-state index contributed by atoms with van der Waals surface area (Å²) in [7, 11) is 3.28. The van der Waals surface area contributed by atoms with E-state index in [2.05, 4.69) is 17.4 Å². The van der Waals surface area contributed by atoms with Gasteiger partial charge in [0.1, 0.15) is 5.75 Å². The minimum absolute atomic E-state index is 0.0423. The van der Waals surface area contributed by atoms with Crippen molar-refractivity contribution in [1.82, 2.24) is 5.32 Å². The van der Waals surface area contributed by atoms with Crippen LogP contribution >= 0.6 is 0 Å². The molecular formula is C22H25NO4. The molecule has 1 atom stereocenters. The monoisotopic (exact) mass is 367 g/mol. The lowest BCUT2D eigenvalue weighted by molar-refractivity contribution is -0.121. The van der Waals surface area contributed by atoms with Gasteiger partial charge in [0.05, 0.1) is 26.9 Å². The Morgan fingerprint density at radius 1 is 1.11 bits per heavy atom. The molecule has 0 fully saturated rings. The fraction of sp³-hybridized carbons (Fsp3) is 0.409. The Morgan fingerprint density at radius 3 is 2.74 bits per heavy atom. The molecule has 1 aliphatic heterocycles. The third kappa shape index (κ3) is 3.59. The van der Waals surface area contributed by atoms with Crippen LogP contribution in [0.3, 0.4) is 0 Å². The first kappa shape index (κ1) is 17.7. The Kier molecular flexibility index (Phi) is 4.92. The molecule has 0 bridgehead atoms. The molecule has 0 unspecified atom stereocenters. The molecule has 0 spiro atoms. The molecule has 2 aliphatic rings. The number of methoxy groups -OCH3 is 2. The standard InChI is InChI=1S/C22H25NO4/c1-25-20-12-15-5-6-18(17(15)13-21(20)26-2)23-22(24)8-4-14-3-7-19-16(11-14)9-10-27-19/h3,7,11-13,18H,4-6,8-10H2,1-2H3,(H,23,24)/t18-/m1/s1. The number of benzene rings is 2. The molecule has 0 aromatic heterocycles. The van der Waals surface area contributed by atoms with Crippen LogP contribution in [0.4, 0.5) is 0 Å². The first-order chi connectivity index (χ1) is 13.2. The Morgan fingerprint density at radius 2 is 1.93 bits per heavy atom. The van der Waals surface area contributed by atoms with Crippen molar-refractivity contribution in [2.45, 2.75) is 38.1 Å². The number of amides is 1. The van der Waals surface area contributed by atoms with Crippen molar-refractivity contribution in [2.24, 2.45) is 0 Å². The zero-order valence-electron chi connectivity index (χ0n) is 15.8. The van der Waals surface area contributed by atoms with Gasteiger partial charge in [0.25, 0.3) is 0 Å². The summed E-state index contributed by atoms with van der Waals surface area (Å²) < 4.78 is 16.3. The third-order valence-electron chi connectivity index (χ3n) is 5.45. The number of nitrogens with one attached hydrogen (secondary N) is 1. The molecule has 4 rings (SSSR count). The second-order valence-corrected chi connectivity index (χ2v) is 7.11. The van der Waals surface area contributed by atoms with Crippen molar-refractivity contribution in [1.29, 1.82) is 0 Å². The molecule has 2 aromatic rings. The number of ether oxygens (including phenoxy) is 3. The summed E-state index contributed by atoms with van der Waals surface area (Å²) in [6.45, 7) is 0.759. The number of aryl methyl sites for hydroxylation is 2. The molecule has 0 saturated heterocycles. The van der Waals surface area contributed by atoms with E-state index in [-0.39, 0.29) is 11.9 Å². The highest BCUT2D eigenvalue weighted by molar-refractivity contribution is 5.77. The SMILES string of the molecule is COc1cc2c(cc1OC)[C@H](NC(=O)CCc1ccc3c(c1)CCO3)CC2. The van der Waals surface area contributed by atoms with Crippen molar-refractivity contribution in [3.63, 3.8) is 0 Å². The molecular weight excluding hydrogens is 342 g/mol. The van der Waals surface area contributed by atoms with Crippen molar-refractivity contribution in [2.75, 3.05) is 20.8 Å². The van der Waals surface area contributed by atoms with Crippen LogP contribution in [0.5, 0.6) is 17.2 Å². The second kappa shape index (κ2) is 7.51. The molecule has 0 saturated carbocycles. The number of carbonyl (C=O) groups excluding carboxylic acids is 1. The van der Waals surface area contributed by atoms with Crippen LogP contribution in [-0.2, 0) is 24.1 Å². The highest BCUT2D eigenvalue weighted by Crippen LogP contribution is 2.39. The average molecular weight is 367 g/mol. The largest absolute Gasteiger partial charge is 0.493 e. The van der Waals surface area contributed by atoms with Gasteiger partial charge in [-0.25, -0.2) is 0 Å². The Bertz CT molecular complexity index is 862. The quantitative estimate of drug-likeness (QED) is 0.850. The molecule has 1 heterocycles. The summed E-state index contributed by atoms with van der Waals surface area (Å²) in [5.41, 5.74) is 4.79. The molecule has 27 heavy (non-hydrogen) atoms. The molecule has 142 valence electrons. The Hall–Kier alpha value is -2.69. The molecule has 2 aromatic carbocycles. The van der Waals surface area contributed by atoms with E-state index in [1.807, 2.05) is 18.2 Å². The predicted molar refractivity (Wildman–Crippen MR) is 103 cm³/mol. The topological polar surface area (TPSA) is 56.8 Å². The van der Waals surface area contributed by atoms with Crippen molar-refractivity contribution in [3.8, 4) is 17.2 Å². The number of hydrogen-bond acceptors (Lipinski definition) is 4. The van der Waals surface area contributed by atoms with Crippen LogP contribution < -0.4 is 19.5 Å². The summed E-state index contributed by atoms with van der Waals surface area (Å²) in [4.78, 5) is 12.5. The lowest BCUT2D eigenvalue weighted by Crippen LogP contribution is -2.27. The molecule has 0 radical (unpaired) electrons. The first-order valence-electron chi connectivity index (χ1n) is 9.46.